The van der Waals surface area contributed by atoms with Crippen LogP contribution >= 0.6 is 0 Å². The maximum atomic E-state index is 11.9. The molecule has 2 aliphatic carbocycles. The van der Waals surface area contributed by atoms with Crippen LogP contribution in [0.3, 0.4) is 0 Å². The number of carboxylic acid groups (broad SMARTS) is 1. The average molecular weight is 432 g/mol. The number of unbranched alkanes of at least 4 members (excludes halogenated alkanes) is 2. The first-order valence-corrected chi connectivity index (χ1v) is 12.0. The summed E-state index contributed by atoms with van der Waals surface area (Å²) in [6.45, 7) is 0. The van der Waals surface area contributed by atoms with Crippen LogP contribution in [-0.4, -0.2) is 22.0 Å². The zero-order valence-corrected chi connectivity index (χ0v) is 18.7. The summed E-state index contributed by atoms with van der Waals surface area (Å²) in [5, 5.41) is 23.0. The van der Waals surface area contributed by atoms with E-state index in [0.717, 1.165) is 44.1 Å². The van der Waals surface area contributed by atoms with Gasteiger partial charge in [-0.05, 0) is 85.3 Å². The van der Waals surface area contributed by atoms with Gasteiger partial charge in [-0.3, -0.25) is 4.79 Å². The molecule has 4 nitrogen and oxygen atoms in total. The molecule has 32 heavy (non-hydrogen) atoms. The summed E-state index contributed by atoms with van der Waals surface area (Å²) in [5.74, 6) is -1.34. The second-order valence-corrected chi connectivity index (χ2v) is 9.21. The number of allylic oxidation sites excluding steroid dienone is 2. The summed E-state index contributed by atoms with van der Waals surface area (Å²) in [6, 6.07) is 16.6. The minimum absolute atomic E-state index is 0.260. The number of aliphatic carboxylic acids is 1. The van der Waals surface area contributed by atoms with Crippen molar-refractivity contribution in [1.29, 1.82) is 0 Å². The summed E-state index contributed by atoms with van der Waals surface area (Å²) in [5.41, 5.74) is 8.36. The molecule has 0 fully saturated rings. The van der Waals surface area contributed by atoms with Gasteiger partial charge in [-0.15, -0.1) is 0 Å². The quantitative estimate of drug-likeness (QED) is 0.192. The van der Waals surface area contributed by atoms with E-state index < -0.39 is 11.9 Å². The zero-order chi connectivity index (χ0) is 22.3. The number of fused-ring (bicyclic) bond motifs is 2. The lowest BCUT2D eigenvalue weighted by Crippen LogP contribution is -2.19. The van der Waals surface area contributed by atoms with Crippen molar-refractivity contribution in [2.75, 3.05) is 0 Å². The van der Waals surface area contributed by atoms with Crippen molar-refractivity contribution >= 4 is 17.3 Å². The Labute approximate surface area is 190 Å². The summed E-state index contributed by atoms with van der Waals surface area (Å²) in [6.07, 6.45) is 10.7. The number of benzene rings is 2. The van der Waals surface area contributed by atoms with Crippen molar-refractivity contribution in [3.63, 3.8) is 0 Å². The van der Waals surface area contributed by atoms with E-state index in [9.17, 15) is 15.1 Å². The van der Waals surface area contributed by atoms with Crippen LogP contribution in [0.15, 0.2) is 59.3 Å². The Morgan fingerprint density at radius 3 is 2.59 bits per heavy atom. The molecule has 0 saturated heterocycles. The number of carboxylic acids is 1. The lowest BCUT2D eigenvalue weighted by Gasteiger charge is -2.15. The molecular weight excluding hydrogens is 398 g/mol. The van der Waals surface area contributed by atoms with E-state index in [1.807, 2.05) is 12.1 Å². The first-order valence-electron chi connectivity index (χ1n) is 12.0. The highest BCUT2D eigenvalue weighted by molar-refractivity contribution is 6.02. The molecule has 0 radical (unpaired) electrons. The van der Waals surface area contributed by atoms with Crippen LogP contribution in [0.5, 0.6) is 0 Å². The fourth-order valence-electron chi connectivity index (χ4n) is 5.24. The second-order valence-electron chi connectivity index (χ2n) is 9.21. The highest BCUT2D eigenvalue weighted by Crippen LogP contribution is 2.41. The lowest BCUT2D eigenvalue weighted by molar-refractivity contribution is -0.141. The van der Waals surface area contributed by atoms with Crippen LogP contribution in [0.1, 0.15) is 80.0 Å². The van der Waals surface area contributed by atoms with Crippen LogP contribution in [0.4, 0.5) is 0 Å². The van der Waals surface area contributed by atoms with Gasteiger partial charge in [0.05, 0.1) is 11.6 Å². The van der Waals surface area contributed by atoms with Crippen LogP contribution in [-0.2, 0) is 17.6 Å². The molecule has 2 N–H and O–H groups in total. The number of aryl methyl sites for hydroxylation is 1. The molecule has 1 atom stereocenters. The fraction of sp³-hybridized carbons (Fsp3) is 0.429. The summed E-state index contributed by atoms with van der Waals surface area (Å²) in [7, 11) is 0. The van der Waals surface area contributed by atoms with E-state index in [1.165, 1.54) is 41.5 Å². The maximum absolute atomic E-state index is 11.9. The van der Waals surface area contributed by atoms with Gasteiger partial charge in [0.1, 0.15) is 0 Å². The molecule has 2 aromatic rings. The molecule has 0 aliphatic heterocycles. The van der Waals surface area contributed by atoms with Gasteiger partial charge in [0, 0.05) is 6.42 Å². The third-order valence-electron chi connectivity index (χ3n) is 7.02. The van der Waals surface area contributed by atoms with Crippen LogP contribution in [0, 0.1) is 5.92 Å². The molecule has 0 spiro atoms. The second kappa shape index (κ2) is 10.6. The molecule has 0 aromatic heterocycles. The molecule has 4 rings (SSSR count). The van der Waals surface area contributed by atoms with Crippen molar-refractivity contribution in [2.24, 2.45) is 11.1 Å². The Bertz CT molecular complexity index is 1010. The van der Waals surface area contributed by atoms with E-state index >= 15 is 0 Å². The average Bonchev–Trinajstić information content (AvgIpc) is 3.19. The Morgan fingerprint density at radius 1 is 1.00 bits per heavy atom. The monoisotopic (exact) mass is 431 g/mol. The SMILES string of the molecule is O=C(O)C(CCCCCc1ccccc1)C/C(=N/O)c1ccc2c(c1)CC1=C2CCCC1. The Balaban J connectivity index is 1.33. The predicted octanol–water partition coefficient (Wildman–Crippen LogP) is 6.64. The number of nitrogens with zero attached hydrogens (tertiary/aromatic N) is 1. The molecule has 168 valence electrons. The van der Waals surface area contributed by atoms with E-state index in [4.69, 9.17) is 0 Å². The van der Waals surface area contributed by atoms with E-state index in [0.29, 0.717) is 12.1 Å². The van der Waals surface area contributed by atoms with Gasteiger partial charge in [-0.2, -0.15) is 0 Å². The topological polar surface area (TPSA) is 69.9 Å². The maximum Gasteiger partial charge on any atom is 0.306 e. The summed E-state index contributed by atoms with van der Waals surface area (Å²) < 4.78 is 0. The summed E-state index contributed by atoms with van der Waals surface area (Å²) >= 11 is 0. The molecule has 4 heteroatoms. The van der Waals surface area contributed by atoms with Gasteiger partial charge in [-0.25, -0.2) is 0 Å². The Morgan fingerprint density at radius 2 is 1.81 bits per heavy atom. The number of hydrogen-bond donors (Lipinski definition) is 2. The van der Waals surface area contributed by atoms with E-state index in [1.54, 1.807) is 5.57 Å². The first kappa shape index (κ1) is 22.3. The van der Waals surface area contributed by atoms with Crippen LogP contribution < -0.4 is 0 Å². The minimum Gasteiger partial charge on any atom is -0.481 e. The number of hydrogen-bond acceptors (Lipinski definition) is 3. The smallest absolute Gasteiger partial charge is 0.306 e. The normalized spacial score (nSPS) is 16.6. The van der Waals surface area contributed by atoms with E-state index in [-0.39, 0.29) is 6.42 Å². The standard InChI is InChI=1S/C28H33NO3/c30-28(31)23(13-6-2-5-11-20-9-3-1-4-10-20)19-27(29-32)22-15-16-26-24(18-22)17-21-12-7-8-14-25(21)26/h1,3-4,9-10,15-16,18,23,32H,2,5-8,11-14,17,19H2,(H,30,31)/b29-27-. The minimum atomic E-state index is -0.812. The molecule has 1 unspecified atom stereocenters. The number of oxime groups is 1. The fourth-order valence-corrected chi connectivity index (χ4v) is 5.24. The first-order chi connectivity index (χ1) is 15.7. The predicted molar refractivity (Wildman–Crippen MR) is 128 cm³/mol. The molecule has 0 heterocycles. The Kier molecular flexibility index (Phi) is 7.41. The zero-order valence-electron chi connectivity index (χ0n) is 18.7. The van der Waals surface area contributed by atoms with Crippen LogP contribution in [0.25, 0.3) is 5.57 Å². The Hall–Kier alpha value is -2.88. The van der Waals surface area contributed by atoms with Gasteiger partial charge in [-0.1, -0.05) is 66.0 Å². The van der Waals surface area contributed by atoms with Crippen molar-refractivity contribution in [1.82, 2.24) is 0 Å². The van der Waals surface area contributed by atoms with Crippen molar-refractivity contribution in [3.8, 4) is 0 Å². The van der Waals surface area contributed by atoms with Gasteiger partial charge in [0.25, 0.3) is 0 Å². The summed E-state index contributed by atoms with van der Waals surface area (Å²) in [4.78, 5) is 11.9. The largest absolute Gasteiger partial charge is 0.481 e. The molecule has 0 amide bonds. The van der Waals surface area contributed by atoms with Crippen molar-refractivity contribution in [3.05, 3.63) is 76.4 Å². The third kappa shape index (κ3) is 5.29. The number of rotatable bonds is 10. The van der Waals surface area contributed by atoms with Crippen molar-refractivity contribution in [2.45, 2.75) is 70.6 Å². The molecule has 0 saturated carbocycles. The van der Waals surface area contributed by atoms with Crippen molar-refractivity contribution < 1.29 is 15.1 Å². The van der Waals surface area contributed by atoms with Gasteiger partial charge < -0.3 is 10.3 Å². The van der Waals surface area contributed by atoms with Gasteiger partial charge in [0.15, 0.2) is 0 Å². The van der Waals surface area contributed by atoms with Gasteiger partial charge in [0.2, 0.25) is 0 Å². The van der Waals surface area contributed by atoms with Crippen LogP contribution in [0.2, 0.25) is 0 Å². The molecule has 2 aromatic carbocycles. The lowest BCUT2D eigenvalue weighted by atomic mass is 9.90. The molecule has 0 bridgehead atoms. The van der Waals surface area contributed by atoms with Gasteiger partial charge >= 0.3 is 5.97 Å². The highest BCUT2D eigenvalue weighted by Gasteiger charge is 2.26. The molecule has 2 aliphatic rings. The molecular formula is C28H33NO3. The third-order valence-corrected chi connectivity index (χ3v) is 7.02. The number of carbonyl (C=O) groups is 1. The van der Waals surface area contributed by atoms with E-state index in [2.05, 4.69) is 41.6 Å². The highest BCUT2D eigenvalue weighted by atomic mass is 16.4.